The van der Waals surface area contributed by atoms with Crippen LogP contribution in [0.2, 0.25) is 0 Å². The molecule has 4 nitrogen and oxygen atoms in total. The molecule has 24 heavy (non-hydrogen) atoms. The van der Waals surface area contributed by atoms with Crippen LogP contribution in [0.3, 0.4) is 0 Å². The summed E-state index contributed by atoms with van der Waals surface area (Å²) in [7, 11) is 0. The van der Waals surface area contributed by atoms with Crippen molar-refractivity contribution in [3.8, 4) is 0 Å². The second kappa shape index (κ2) is 9.69. The fraction of sp³-hybridized carbons (Fsp3) is 0.278. The Morgan fingerprint density at radius 1 is 1.17 bits per heavy atom. The zero-order chi connectivity index (χ0) is 15.9. The van der Waals surface area contributed by atoms with Crippen LogP contribution in [-0.2, 0) is 16.1 Å². The summed E-state index contributed by atoms with van der Waals surface area (Å²) in [6, 6.07) is 18.1. The number of hydrogen-bond donors (Lipinski definition) is 2. The summed E-state index contributed by atoms with van der Waals surface area (Å²) in [4.78, 5) is 14.5. The van der Waals surface area contributed by atoms with Gasteiger partial charge in [-0.1, -0.05) is 48.2 Å². The number of carbonyl (C=O) groups is 1. The van der Waals surface area contributed by atoms with Gasteiger partial charge in [-0.25, -0.2) is 0 Å². The van der Waals surface area contributed by atoms with Gasteiger partial charge in [-0.15, -0.1) is 12.4 Å². The van der Waals surface area contributed by atoms with Crippen LogP contribution in [0.5, 0.6) is 0 Å². The molecule has 2 N–H and O–H groups in total. The number of morpholine rings is 1. The van der Waals surface area contributed by atoms with Crippen molar-refractivity contribution in [1.82, 2.24) is 10.6 Å². The van der Waals surface area contributed by atoms with Crippen LogP contribution in [0.15, 0.2) is 64.4 Å². The molecule has 1 aliphatic rings. The Balaban J connectivity index is 0.00000208. The lowest BCUT2D eigenvalue weighted by Gasteiger charge is -2.23. The molecule has 128 valence electrons. The molecule has 0 spiro atoms. The summed E-state index contributed by atoms with van der Waals surface area (Å²) < 4.78 is 5.33. The molecular weight excluding hydrogens is 344 g/mol. The maximum atomic E-state index is 12.2. The lowest BCUT2D eigenvalue weighted by Crippen LogP contribution is -2.51. The van der Waals surface area contributed by atoms with Gasteiger partial charge < -0.3 is 15.4 Å². The van der Waals surface area contributed by atoms with Gasteiger partial charge in [0.15, 0.2) is 0 Å². The van der Waals surface area contributed by atoms with Gasteiger partial charge in [-0.2, -0.15) is 0 Å². The van der Waals surface area contributed by atoms with Crippen LogP contribution < -0.4 is 10.6 Å². The first-order chi connectivity index (χ1) is 11.3. The molecule has 2 aromatic carbocycles. The molecular formula is C18H21ClN2O2S. The predicted octanol–water partition coefficient (Wildman–Crippen LogP) is 2.86. The van der Waals surface area contributed by atoms with Crippen molar-refractivity contribution in [2.75, 3.05) is 19.8 Å². The van der Waals surface area contributed by atoms with E-state index < -0.39 is 0 Å². The molecule has 1 fully saturated rings. The van der Waals surface area contributed by atoms with E-state index in [0.29, 0.717) is 19.8 Å². The van der Waals surface area contributed by atoms with Crippen LogP contribution in [0, 0.1) is 0 Å². The number of rotatable bonds is 5. The van der Waals surface area contributed by atoms with Crippen LogP contribution in [-0.4, -0.2) is 31.7 Å². The first kappa shape index (κ1) is 18.8. The van der Waals surface area contributed by atoms with E-state index >= 15 is 0 Å². The van der Waals surface area contributed by atoms with E-state index in [1.165, 1.54) is 4.90 Å². The van der Waals surface area contributed by atoms with E-state index in [2.05, 4.69) is 34.9 Å². The molecule has 1 amide bonds. The Hall–Kier alpha value is -1.53. The zero-order valence-corrected chi connectivity index (χ0v) is 14.9. The normalized spacial score (nSPS) is 16.9. The van der Waals surface area contributed by atoms with Gasteiger partial charge in [0.05, 0.1) is 13.2 Å². The number of benzene rings is 2. The summed E-state index contributed by atoms with van der Waals surface area (Å²) in [5, 5.41) is 6.17. The molecule has 6 heteroatoms. The number of carbonyl (C=O) groups excluding carboxylic acids is 1. The Morgan fingerprint density at radius 2 is 1.92 bits per heavy atom. The van der Waals surface area contributed by atoms with Crippen LogP contribution in [0.25, 0.3) is 0 Å². The molecule has 0 radical (unpaired) electrons. The third kappa shape index (κ3) is 5.24. The minimum Gasteiger partial charge on any atom is -0.378 e. The smallest absolute Gasteiger partial charge is 0.239 e. The van der Waals surface area contributed by atoms with E-state index in [0.717, 1.165) is 17.0 Å². The second-order valence-electron chi connectivity index (χ2n) is 5.32. The average molecular weight is 365 g/mol. The van der Waals surface area contributed by atoms with Crippen molar-refractivity contribution in [3.05, 3.63) is 60.2 Å². The van der Waals surface area contributed by atoms with Crippen molar-refractivity contribution in [1.29, 1.82) is 0 Å². The maximum Gasteiger partial charge on any atom is 0.239 e. The van der Waals surface area contributed by atoms with Crippen molar-refractivity contribution in [2.45, 2.75) is 22.4 Å². The Morgan fingerprint density at radius 3 is 2.67 bits per heavy atom. The summed E-state index contributed by atoms with van der Waals surface area (Å²) in [5.41, 5.74) is 1.12. The average Bonchev–Trinajstić information content (AvgIpc) is 2.62. The highest BCUT2D eigenvalue weighted by molar-refractivity contribution is 7.99. The standard InChI is InChI=1S/C18H20N2O2S.ClH/c21-18(16-13-22-11-10-19-16)20-12-14-6-4-5-9-17(14)23-15-7-2-1-3-8-15;/h1-9,16,19H,10-13H2,(H,20,21);1H. The van der Waals surface area contributed by atoms with Crippen molar-refractivity contribution in [2.24, 2.45) is 0 Å². The summed E-state index contributed by atoms with van der Waals surface area (Å²) >= 11 is 1.71. The first-order valence-corrected chi connectivity index (χ1v) is 8.54. The van der Waals surface area contributed by atoms with Gasteiger partial charge in [0.2, 0.25) is 5.91 Å². The van der Waals surface area contributed by atoms with E-state index in [-0.39, 0.29) is 24.4 Å². The number of amides is 1. The highest BCUT2D eigenvalue weighted by Crippen LogP contribution is 2.30. The van der Waals surface area contributed by atoms with Crippen LogP contribution in [0.1, 0.15) is 5.56 Å². The monoisotopic (exact) mass is 364 g/mol. The summed E-state index contributed by atoms with van der Waals surface area (Å²) in [5.74, 6) is -0.00999. The molecule has 1 aliphatic heterocycles. The SMILES string of the molecule is Cl.O=C(NCc1ccccc1Sc1ccccc1)C1COCCN1. The van der Waals surface area contributed by atoms with Gasteiger partial charge in [0.1, 0.15) is 6.04 Å². The Bertz CT molecular complexity index is 648. The predicted molar refractivity (Wildman–Crippen MR) is 98.7 cm³/mol. The van der Waals surface area contributed by atoms with Crippen molar-refractivity contribution < 1.29 is 9.53 Å². The zero-order valence-electron chi connectivity index (χ0n) is 13.2. The second-order valence-corrected chi connectivity index (χ2v) is 6.44. The Labute approximate surface area is 152 Å². The van der Waals surface area contributed by atoms with Gasteiger partial charge in [0.25, 0.3) is 0 Å². The van der Waals surface area contributed by atoms with Gasteiger partial charge >= 0.3 is 0 Å². The lowest BCUT2D eigenvalue weighted by atomic mass is 10.2. The topological polar surface area (TPSA) is 50.4 Å². The molecule has 1 atom stereocenters. The Kier molecular flexibility index (Phi) is 7.59. The molecule has 1 heterocycles. The molecule has 2 aromatic rings. The number of ether oxygens (including phenoxy) is 1. The van der Waals surface area contributed by atoms with E-state index in [4.69, 9.17) is 4.74 Å². The first-order valence-electron chi connectivity index (χ1n) is 7.72. The van der Waals surface area contributed by atoms with Gasteiger partial charge in [-0.3, -0.25) is 4.79 Å². The van der Waals surface area contributed by atoms with Crippen LogP contribution in [0.4, 0.5) is 0 Å². The minimum atomic E-state index is -0.252. The molecule has 0 bridgehead atoms. The fourth-order valence-corrected chi connectivity index (χ4v) is 3.37. The molecule has 1 saturated heterocycles. The van der Waals surface area contributed by atoms with Crippen molar-refractivity contribution in [3.63, 3.8) is 0 Å². The van der Waals surface area contributed by atoms with E-state index in [1.54, 1.807) is 11.8 Å². The van der Waals surface area contributed by atoms with E-state index in [1.807, 2.05) is 30.3 Å². The molecule has 0 saturated carbocycles. The van der Waals surface area contributed by atoms with E-state index in [9.17, 15) is 4.79 Å². The number of halogens is 1. The fourth-order valence-electron chi connectivity index (χ4n) is 2.40. The summed E-state index contributed by atoms with van der Waals surface area (Å²) in [6.07, 6.45) is 0. The number of hydrogen-bond acceptors (Lipinski definition) is 4. The maximum absolute atomic E-state index is 12.2. The molecule has 3 rings (SSSR count). The molecule has 0 aromatic heterocycles. The quantitative estimate of drug-likeness (QED) is 0.856. The number of nitrogens with one attached hydrogen (secondary N) is 2. The highest BCUT2D eigenvalue weighted by Gasteiger charge is 2.20. The van der Waals surface area contributed by atoms with Crippen molar-refractivity contribution >= 4 is 30.1 Å². The molecule has 0 aliphatic carbocycles. The van der Waals surface area contributed by atoms with Crippen LogP contribution >= 0.6 is 24.2 Å². The molecule has 1 unspecified atom stereocenters. The highest BCUT2D eigenvalue weighted by atomic mass is 35.5. The lowest BCUT2D eigenvalue weighted by molar-refractivity contribution is -0.126. The minimum absolute atomic E-state index is 0. The summed E-state index contributed by atoms with van der Waals surface area (Å²) in [6.45, 7) is 2.35. The largest absolute Gasteiger partial charge is 0.378 e. The third-order valence-electron chi connectivity index (χ3n) is 3.63. The van der Waals surface area contributed by atoms with Gasteiger partial charge in [0, 0.05) is 22.9 Å². The third-order valence-corrected chi connectivity index (χ3v) is 4.76. The van der Waals surface area contributed by atoms with Gasteiger partial charge in [-0.05, 0) is 23.8 Å².